The first-order chi connectivity index (χ1) is 13.6. The molecule has 7 nitrogen and oxygen atoms in total. The predicted molar refractivity (Wildman–Crippen MR) is 112 cm³/mol. The Morgan fingerprint density at radius 2 is 2.07 bits per heavy atom. The molecule has 1 atom stereocenters. The smallest absolute Gasteiger partial charge is 0.319 e. The number of amides is 3. The zero-order chi connectivity index (χ0) is 19.9. The highest BCUT2D eigenvalue weighted by Gasteiger charge is 2.20. The van der Waals surface area contributed by atoms with Gasteiger partial charge in [0, 0.05) is 24.5 Å². The summed E-state index contributed by atoms with van der Waals surface area (Å²) in [6, 6.07) is 9.47. The summed E-state index contributed by atoms with van der Waals surface area (Å²) in [5.74, 6) is 0.613. The molecule has 1 aliphatic rings. The zero-order valence-electron chi connectivity index (χ0n) is 16.1. The van der Waals surface area contributed by atoms with Crippen molar-refractivity contribution in [2.45, 2.75) is 25.8 Å². The lowest BCUT2D eigenvalue weighted by Gasteiger charge is -2.12. The molecule has 1 aromatic heterocycles. The minimum atomic E-state index is -0.355. The van der Waals surface area contributed by atoms with E-state index in [0.717, 1.165) is 35.6 Å². The van der Waals surface area contributed by atoms with Crippen molar-refractivity contribution in [1.29, 1.82) is 0 Å². The van der Waals surface area contributed by atoms with E-state index in [1.807, 2.05) is 37.3 Å². The molecule has 2 aromatic rings. The second-order valence-corrected chi connectivity index (χ2v) is 7.57. The average Bonchev–Trinajstić information content (AvgIpc) is 3.37. The second-order valence-electron chi connectivity index (χ2n) is 6.52. The summed E-state index contributed by atoms with van der Waals surface area (Å²) < 4.78 is 5.48. The third kappa shape index (κ3) is 5.02. The first-order valence-corrected chi connectivity index (χ1v) is 10.3. The molecule has 1 fully saturated rings. The van der Waals surface area contributed by atoms with Gasteiger partial charge in [-0.25, -0.2) is 4.79 Å². The molecule has 8 heteroatoms. The maximum Gasteiger partial charge on any atom is 0.319 e. The van der Waals surface area contributed by atoms with E-state index in [-0.39, 0.29) is 11.9 Å². The highest BCUT2D eigenvalue weighted by atomic mass is 32.1. The fourth-order valence-electron chi connectivity index (χ4n) is 3.08. The van der Waals surface area contributed by atoms with Crippen LogP contribution in [0.5, 0.6) is 5.75 Å². The lowest BCUT2D eigenvalue weighted by molar-refractivity contribution is 0.0951. The van der Waals surface area contributed by atoms with E-state index in [4.69, 9.17) is 4.74 Å². The van der Waals surface area contributed by atoms with Crippen molar-refractivity contribution in [3.8, 4) is 16.2 Å². The maximum atomic E-state index is 12.8. The average molecular weight is 403 g/mol. The minimum absolute atomic E-state index is 0.187. The number of hydrogen-bond donors (Lipinski definition) is 4. The third-order valence-electron chi connectivity index (χ3n) is 4.55. The number of hydrogen-bond acceptors (Lipinski definition) is 5. The molecule has 0 radical (unpaired) electrons. The SMILES string of the molecule is CCOc1ccc(-c2cc(C(=O)NCC3CCCN3)c(NC(=O)NC)s2)cc1. The molecular formula is C20H26N4O3S. The number of carbonyl (C=O) groups is 2. The summed E-state index contributed by atoms with van der Waals surface area (Å²) in [5, 5.41) is 12.2. The Kier molecular flexibility index (Phi) is 6.89. The van der Waals surface area contributed by atoms with Crippen LogP contribution >= 0.6 is 11.3 Å². The van der Waals surface area contributed by atoms with Gasteiger partial charge < -0.3 is 20.7 Å². The van der Waals surface area contributed by atoms with Gasteiger partial charge in [-0.15, -0.1) is 11.3 Å². The molecule has 1 unspecified atom stereocenters. The maximum absolute atomic E-state index is 12.8. The molecule has 150 valence electrons. The van der Waals surface area contributed by atoms with Crippen LogP contribution in [-0.2, 0) is 0 Å². The molecule has 3 rings (SSSR count). The van der Waals surface area contributed by atoms with Crippen LogP contribution in [0.1, 0.15) is 30.1 Å². The van der Waals surface area contributed by atoms with E-state index in [9.17, 15) is 9.59 Å². The van der Waals surface area contributed by atoms with E-state index < -0.39 is 0 Å². The monoisotopic (exact) mass is 402 g/mol. The Bertz CT molecular complexity index is 813. The standard InChI is InChI=1S/C20H26N4O3S/c1-3-27-15-8-6-13(7-9-15)17-11-16(19(28-17)24-20(26)21-2)18(25)23-12-14-5-4-10-22-14/h6-9,11,14,22H,3-5,10,12H2,1-2H3,(H,23,25)(H2,21,24,26). The van der Waals surface area contributed by atoms with E-state index in [2.05, 4.69) is 21.3 Å². The van der Waals surface area contributed by atoms with Crippen molar-refractivity contribution >= 4 is 28.3 Å². The summed E-state index contributed by atoms with van der Waals surface area (Å²) in [4.78, 5) is 25.5. The van der Waals surface area contributed by atoms with Crippen molar-refractivity contribution in [1.82, 2.24) is 16.0 Å². The molecule has 3 amide bonds. The number of urea groups is 1. The van der Waals surface area contributed by atoms with Crippen molar-refractivity contribution in [2.24, 2.45) is 0 Å². The zero-order valence-corrected chi connectivity index (χ0v) is 16.9. The number of carbonyl (C=O) groups excluding carboxylic acids is 2. The van der Waals surface area contributed by atoms with Crippen LogP contribution in [0.15, 0.2) is 30.3 Å². The van der Waals surface area contributed by atoms with Gasteiger partial charge in [0.05, 0.1) is 12.2 Å². The largest absolute Gasteiger partial charge is 0.494 e. The van der Waals surface area contributed by atoms with Crippen LogP contribution < -0.4 is 26.0 Å². The molecule has 1 saturated heterocycles. The number of ether oxygens (including phenoxy) is 1. The first-order valence-electron chi connectivity index (χ1n) is 9.48. The van der Waals surface area contributed by atoms with Crippen LogP contribution in [0.3, 0.4) is 0 Å². The van der Waals surface area contributed by atoms with Crippen LogP contribution in [0, 0.1) is 0 Å². The van der Waals surface area contributed by atoms with Crippen LogP contribution in [0.2, 0.25) is 0 Å². The minimum Gasteiger partial charge on any atom is -0.494 e. The third-order valence-corrected chi connectivity index (χ3v) is 5.65. The number of benzene rings is 1. The number of thiophene rings is 1. The van der Waals surface area contributed by atoms with E-state index in [0.29, 0.717) is 29.8 Å². The van der Waals surface area contributed by atoms with E-state index in [1.54, 1.807) is 7.05 Å². The summed E-state index contributed by atoms with van der Waals surface area (Å²) in [6.07, 6.45) is 2.19. The molecule has 0 aliphatic carbocycles. The van der Waals surface area contributed by atoms with Gasteiger partial charge in [0.15, 0.2) is 0 Å². The molecule has 0 spiro atoms. The van der Waals surface area contributed by atoms with Crippen molar-refractivity contribution in [3.63, 3.8) is 0 Å². The van der Waals surface area contributed by atoms with Crippen molar-refractivity contribution in [3.05, 3.63) is 35.9 Å². The quantitative estimate of drug-likeness (QED) is 0.573. The Balaban J connectivity index is 1.80. The summed E-state index contributed by atoms with van der Waals surface area (Å²) in [5.41, 5.74) is 1.43. The van der Waals surface area contributed by atoms with Gasteiger partial charge in [0.1, 0.15) is 10.8 Å². The Morgan fingerprint density at radius 3 is 2.71 bits per heavy atom. The molecular weight excluding hydrogens is 376 g/mol. The predicted octanol–water partition coefficient (Wildman–Crippen LogP) is 3.05. The Morgan fingerprint density at radius 1 is 1.29 bits per heavy atom. The van der Waals surface area contributed by atoms with Gasteiger partial charge in [-0.2, -0.15) is 0 Å². The summed E-state index contributed by atoms with van der Waals surface area (Å²) >= 11 is 1.37. The Labute approximate surface area is 168 Å². The van der Waals surface area contributed by atoms with Crippen molar-refractivity contribution in [2.75, 3.05) is 32.1 Å². The van der Waals surface area contributed by atoms with E-state index >= 15 is 0 Å². The van der Waals surface area contributed by atoms with Gasteiger partial charge >= 0.3 is 6.03 Å². The molecule has 0 bridgehead atoms. The summed E-state index contributed by atoms with van der Waals surface area (Å²) in [6.45, 7) is 4.12. The highest BCUT2D eigenvalue weighted by molar-refractivity contribution is 7.20. The van der Waals surface area contributed by atoms with Gasteiger partial charge in [-0.3, -0.25) is 10.1 Å². The van der Waals surface area contributed by atoms with Crippen LogP contribution in [-0.4, -0.2) is 44.7 Å². The lowest BCUT2D eigenvalue weighted by atomic mass is 10.1. The number of nitrogens with one attached hydrogen (secondary N) is 4. The first kappa shape index (κ1) is 20.2. The second kappa shape index (κ2) is 9.57. The topological polar surface area (TPSA) is 91.5 Å². The molecule has 1 aromatic carbocycles. The molecule has 4 N–H and O–H groups in total. The molecule has 1 aliphatic heterocycles. The van der Waals surface area contributed by atoms with Gasteiger partial charge in [-0.1, -0.05) is 0 Å². The van der Waals surface area contributed by atoms with Gasteiger partial charge in [-0.05, 0) is 62.2 Å². The highest BCUT2D eigenvalue weighted by Crippen LogP contribution is 2.36. The Hall–Kier alpha value is -2.58. The van der Waals surface area contributed by atoms with Crippen LogP contribution in [0.25, 0.3) is 10.4 Å². The van der Waals surface area contributed by atoms with Gasteiger partial charge in [0.25, 0.3) is 5.91 Å². The molecule has 28 heavy (non-hydrogen) atoms. The van der Waals surface area contributed by atoms with Gasteiger partial charge in [0.2, 0.25) is 0 Å². The fourth-order valence-corrected chi connectivity index (χ4v) is 4.14. The molecule has 2 heterocycles. The number of rotatable bonds is 7. The fraction of sp³-hybridized carbons (Fsp3) is 0.400. The summed E-state index contributed by atoms with van der Waals surface area (Å²) in [7, 11) is 1.54. The lowest BCUT2D eigenvalue weighted by Crippen LogP contribution is -2.37. The van der Waals surface area contributed by atoms with Crippen LogP contribution in [0.4, 0.5) is 9.80 Å². The molecule has 0 saturated carbocycles. The van der Waals surface area contributed by atoms with Crippen molar-refractivity contribution < 1.29 is 14.3 Å². The van der Waals surface area contributed by atoms with E-state index in [1.165, 1.54) is 11.3 Å². The normalized spacial score (nSPS) is 15.9. The number of anilines is 1.